The van der Waals surface area contributed by atoms with Crippen LogP contribution in [0.1, 0.15) is 50.1 Å². The van der Waals surface area contributed by atoms with E-state index in [1.807, 2.05) is 13.8 Å². The predicted octanol–water partition coefficient (Wildman–Crippen LogP) is 3.79. The van der Waals surface area contributed by atoms with Crippen LogP contribution in [0, 0.1) is 11.7 Å². The van der Waals surface area contributed by atoms with Gasteiger partial charge in [-0.15, -0.1) is 0 Å². The molecule has 0 spiro atoms. The molecule has 0 unspecified atom stereocenters. The lowest BCUT2D eigenvalue weighted by Crippen LogP contribution is -2.48. The zero-order valence-corrected chi connectivity index (χ0v) is 22.7. The van der Waals surface area contributed by atoms with Crippen molar-refractivity contribution >= 4 is 11.8 Å². The number of nitrogens with zero attached hydrogens (tertiary/aromatic N) is 4. The molecule has 0 radical (unpaired) electrons. The largest absolute Gasteiger partial charge is 0.493 e. The Bertz CT molecular complexity index is 1230. The Kier molecular flexibility index (Phi) is 9.69. The van der Waals surface area contributed by atoms with Gasteiger partial charge in [0.25, 0.3) is 5.91 Å². The van der Waals surface area contributed by atoms with E-state index < -0.39 is 17.8 Å². The van der Waals surface area contributed by atoms with Crippen molar-refractivity contribution in [2.24, 2.45) is 5.92 Å². The van der Waals surface area contributed by atoms with Crippen LogP contribution in [0.4, 0.5) is 4.39 Å². The standard InChI is InChI=1S/C28H36FN5O5/c1-19(2)17-25-31-26(32-39-25)22-9-8-21(18-23(22)29)37-16-6-11-33-10-5-12-34(14-13-33)28(36)20(3)30-27(35)24-7-4-15-38-24/h4,7-9,15,18-20H,5-6,10-14,16-17H2,1-3H3,(H,30,35)/t20-/m0/s1. The Morgan fingerprint density at radius 2 is 2.00 bits per heavy atom. The van der Waals surface area contributed by atoms with Crippen LogP contribution in [0.3, 0.4) is 0 Å². The van der Waals surface area contributed by atoms with Gasteiger partial charge in [0.2, 0.25) is 17.6 Å². The molecule has 1 N–H and O–H groups in total. The first-order valence-corrected chi connectivity index (χ1v) is 13.4. The third-order valence-corrected chi connectivity index (χ3v) is 6.48. The van der Waals surface area contributed by atoms with Gasteiger partial charge in [0.1, 0.15) is 17.6 Å². The van der Waals surface area contributed by atoms with Crippen molar-refractivity contribution < 1.29 is 27.7 Å². The van der Waals surface area contributed by atoms with Gasteiger partial charge < -0.3 is 28.8 Å². The molecule has 0 saturated carbocycles. The monoisotopic (exact) mass is 541 g/mol. The van der Waals surface area contributed by atoms with Crippen molar-refractivity contribution in [2.75, 3.05) is 39.3 Å². The molecule has 1 saturated heterocycles. The van der Waals surface area contributed by atoms with E-state index >= 15 is 0 Å². The number of amides is 2. The number of rotatable bonds is 11. The van der Waals surface area contributed by atoms with E-state index in [4.69, 9.17) is 13.7 Å². The lowest BCUT2D eigenvalue weighted by atomic mass is 10.1. The Balaban J connectivity index is 1.18. The first kappa shape index (κ1) is 28.3. The molecule has 10 nitrogen and oxygen atoms in total. The molecule has 0 aliphatic carbocycles. The van der Waals surface area contributed by atoms with Gasteiger partial charge in [-0.3, -0.25) is 9.59 Å². The van der Waals surface area contributed by atoms with Crippen LogP contribution in [0.5, 0.6) is 5.75 Å². The third kappa shape index (κ3) is 7.89. The lowest BCUT2D eigenvalue weighted by Gasteiger charge is -2.25. The van der Waals surface area contributed by atoms with Crippen molar-refractivity contribution in [1.82, 2.24) is 25.3 Å². The fourth-order valence-corrected chi connectivity index (χ4v) is 4.47. The summed E-state index contributed by atoms with van der Waals surface area (Å²) in [5, 5.41) is 6.59. The molecular weight excluding hydrogens is 505 g/mol. The van der Waals surface area contributed by atoms with Gasteiger partial charge in [-0.05, 0) is 56.5 Å². The maximum atomic E-state index is 14.7. The number of hydrogen-bond acceptors (Lipinski definition) is 8. The lowest BCUT2D eigenvalue weighted by molar-refractivity contribution is -0.132. The van der Waals surface area contributed by atoms with Crippen LogP contribution in [-0.2, 0) is 11.2 Å². The summed E-state index contributed by atoms with van der Waals surface area (Å²) in [5.41, 5.74) is 0.277. The Labute approximate surface area is 227 Å². The summed E-state index contributed by atoms with van der Waals surface area (Å²) >= 11 is 0. The van der Waals surface area contributed by atoms with E-state index in [-0.39, 0.29) is 23.1 Å². The SMILES string of the molecule is CC(C)Cc1nc(-c2ccc(OCCCN3CCCN(C(=O)[C@H](C)NC(=O)c4ccco4)CC3)cc2F)no1. The average Bonchev–Trinajstić information content (AvgIpc) is 3.55. The molecule has 1 atom stereocenters. The van der Waals surface area contributed by atoms with Gasteiger partial charge in [-0.1, -0.05) is 19.0 Å². The second-order valence-electron chi connectivity index (χ2n) is 10.1. The quantitative estimate of drug-likeness (QED) is 0.365. The summed E-state index contributed by atoms with van der Waals surface area (Å²) in [7, 11) is 0. The van der Waals surface area contributed by atoms with Crippen molar-refractivity contribution in [3.05, 3.63) is 54.1 Å². The van der Waals surface area contributed by atoms with Gasteiger partial charge in [0.15, 0.2) is 5.76 Å². The van der Waals surface area contributed by atoms with Crippen LogP contribution in [0.15, 0.2) is 45.5 Å². The molecule has 1 fully saturated rings. The molecular formula is C28H36FN5O5. The fourth-order valence-electron chi connectivity index (χ4n) is 4.47. The van der Waals surface area contributed by atoms with Gasteiger partial charge in [-0.25, -0.2) is 4.39 Å². The molecule has 1 aromatic carbocycles. The normalized spacial score (nSPS) is 15.3. The molecule has 39 heavy (non-hydrogen) atoms. The number of carbonyl (C=O) groups excluding carboxylic acids is 2. The Hall–Kier alpha value is -3.73. The summed E-state index contributed by atoms with van der Waals surface area (Å²) in [6.45, 7) is 9.84. The van der Waals surface area contributed by atoms with E-state index in [0.29, 0.717) is 43.7 Å². The molecule has 2 amide bonds. The summed E-state index contributed by atoms with van der Waals surface area (Å²) in [6.07, 6.45) is 3.67. The van der Waals surface area contributed by atoms with Gasteiger partial charge >= 0.3 is 0 Å². The maximum absolute atomic E-state index is 14.7. The van der Waals surface area contributed by atoms with E-state index in [1.165, 1.54) is 12.3 Å². The van der Waals surface area contributed by atoms with Crippen LogP contribution in [0.2, 0.25) is 0 Å². The second kappa shape index (κ2) is 13.4. The molecule has 1 aliphatic rings. The minimum Gasteiger partial charge on any atom is -0.493 e. The van der Waals surface area contributed by atoms with Gasteiger partial charge in [0, 0.05) is 38.7 Å². The first-order chi connectivity index (χ1) is 18.8. The molecule has 0 bridgehead atoms. The van der Waals surface area contributed by atoms with Crippen molar-refractivity contribution in [3.8, 4) is 17.1 Å². The van der Waals surface area contributed by atoms with E-state index in [0.717, 1.165) is 32.5 Å². The highest BCUT2D eigenvalue weighted by molar-refractivity contribution is 5.95. The minimum absolute atomic E-state index is 0.109. The number of nitrogens with one attached hydrogen (secondary N) is 1. The maximum Gasteiger partial charge on any atom is 0.287 e. The van der Waals surface area contributed by atoms with Crippen molar-refractivity contribution in [2.45, 2.75) is 46.1 Å². The summed E-state index contributed by atoms with van der Waals surface area (Å²) in [6, 6.07) is 7.20. The number of furan rings is 1. The zero-order valence-electron chi connectivity index (χ0n) is 22.7. The second-order valence-corrected chi connectivity index (χ2v) is 10.1. The van der Waals surface area contributed by atoms with E-state index in [2.05, 4.69) is 20.4 Å². The van der Waals surface area contributed by atoms with E-state index in [1.54, 1.807) is 36.1 Å². The number of halogens is 1. The Morgan fingerprint density at radius 3 is 2.74 bits per heavy atom. The first-order valence-electron chi connectivity index (χ1n) is 13.4. The molecule has 11 heteroatoms. The minimum atomic E-state index is -0.642. The topological polar surface area (TPSA) is 114 Å². The fraction of sp³-hybridized carbons (Fsp3) is 0.500. The van der Waals surface area contributed by atoms with Crippen LogP contribution >= 0.6 is 0 Å². The number of aromatic nitrogens is 2. The summed E-state index contributed by atoms with van der Waals surface area (Å²) < 4.78 is 30.8. The van der Waals surface area contributed by atoms with Gasteiger partial charge in [0.05, 0.1) is 18.4 Å². The molecule has 210 valence electrons. The molecule has 1 aliphatic heterocycles. The molecule has 3 heterocycles. The number of carbonyl (C=O) groups is 2. The van der Waals surface area contributed by atoms with Gasteiger partial charge in [-0.2, -0.15) is 4.98 Å². The summed E-state index contributed by atoms with van der Waals surface area (Å²) in [5.74, 6) is 0.743. The number of ether oxygens (including phenoxy) is 1. The summed E-state index contributed by atoms with van der Waals surface area (Å²) in [4.78, 5) is 33.4. The van der Waals surface area contributed by atoms with Crippen LogP contribution in [-0.4, -0.2) is 77.1 Å². The van der Waals surface area contributed by atoms with Crippen molar-refractivity contribution in [3.63, 3.8) is 0 Å². The average molecular weight is 542 g/mol. The third-order valence-electron chi connectivity index (χ3n) is 6.48. The Morgan fingerprint density at radius 1 is 1.15 bits per heavy atom. The zero-order chi connectivity index (χ0) is 27.8. The molecule has 4 rings (SSSR count). The van der Waals surface area contributed by atoms with Crippen LogP contribution in [0.25, 0.3) is 11.4 Å². The molecule has 2 aromatic heterocycles. The van der Waals surface area contributed by atoms with Crippen LogP contribution < -0.4 is 10.1 Å². The number of benzene rings is 1. The predicted molar refractivity (Wildman–Crippen MR) is 142 cm³/mol. The van der Waals surface area contributed by atoms with Crippen molar-refractivity contribution in [1.29, 1.82) is 0 Å². The highest BCUT2D eigenvalue weighted by Gasteiger charge is 2.25. The highest BCUT2D eigenvalue weighted by atomic mass is 19.1. The van der Waals surface area contributed by atoms with E-state index in [9.17, 15) is 14.0 Å². The highest BCUT2D eigenvalue weighted by Crippen LogP contribution is 2.25. The molecule has 3 aromatic rings. The number of hydrogen-bond donors (Lipinski definition) is 1. The smallest absolute Gasteiger partial charge is 0.287 e.